The first-order chi connectivity index (χ1) is 27.3. The molecule has 1 aromatic heterocycles. The van der Waals surface area contributed by atoms with Gasteiger partial charge in [0.1, 0.15) is 5.75 Å². The second-order valence-corrected chi connectivity index (χ2v) is 16.2. The molecule has 19 heteroatoms. The van der Waals surface area contributed by atoms with Crippen LogP contribution in [0.1, 0.15) is 12.0 Å². The molecule has 0 aliphatic carbocycles. The Morgan fingerprint density at radius 1 is 0.772 bits per heavy atom. The number of rotatable bonds is 11. The van der Waals surface area contributed by atoms with Crippen LogP contribution < -0.4 is 11.0 Å². The Morgan fingerprint density at radius 2 is 1.33 bits per heavy atom. The highest BCUT2D eigenvalue weighted by Crippen LogP contribution is 2.39. The van der Waals surface area contributed by atoms with Crippen LogP contribution in [0.3, 0.4) is 0 Å². The number of aromatic hydroxyl groups is 1. The van der Waals surface area contributed by atoms with Crippen molar-refractivity contribution < 1.29 is 24.3 Å². The van der Waals surface area contributed by atoms with Crippen LogP contribution in [-0.2, 0) is 25.7 Å². The van der Waals surface area contributed by atoms with Gasteiger partial charge in [0.25, 0.3) is 0 Å². The number of likely N-dealkylation sites (tertiary alicyclic amines) is 2. The number of aryl methyl sites for hydroxylation is 1. The number of nitrogens with one attached hydrogen (secondary N) is 2. The van der Waals surface area contributed by atoms with Crippen LogP contribution in [-0.4, -0.2) is 165 Å². The van der Waals surface area contributed by atoms with Crippen molar-refractivity contribution in [1.82, 2.24) is 39.0 Å². The molecule has 7 rings (SSSR count). The maximum Gasteiger partial charge on any atom is 0.326 e. The van der Waals surface area contributed by atoms with E-state index in [1.54, 1.807) is 31.7 Å². The van der Waals surface area contributed by atoms with Gasteiger partial charge in [-0.25, -0.2) is 4.79 Å². The Morgan fingerprint density at radius 3 is 1.93 bits per heavy atom. The minimum absolute atomic E-state index is 0.0156. The van der Waals surface area contributed by atoms with E-state index in [2.05, 4.69) is 26.7 Å². The highest BCUT2D eigenvalue weighted by atomic mass is 35.5. The van der Waals surface area contributed by atoms with Crippen molar-refractivity contribution in [2.24, 2.45) is 0 Å². The number of aromatic amines is 1. The lowest BCUT2D eigenvalue weighted by molar-refractivity contribution is -0.137. The molecule has 3 aromatic rings. The molecule has 4 fully saturated rings. The lowest BCUT2D eigenvalue weighted by Crippen LogP contribution is -2.64. The van der Waals surface area contributed by atoms with Crippen LogP contribution in [0, 0.1) is 0 Å². The van der Waals surface area contributed by atoms with Crippen LogP contribution in [0.2, 0.25) is 20.1 Å². The molecule has 4 aliphatic heterocycles. The van der Waals surface area contributed by atoms with Gasteiger partial charge in [0.15, 0.2) is 0 Å². The summed E-state index contributed by atoms with van der Waals surface area (Å²) in [5.41, 5.74) is 1.38. The fraction of sp³-hybridized carbons (Fsp3) is 0.447. The molecule has 0 unspecified atom stereocenters. The molecule has 5 heterocycles. The zero-order valence-electron chi connectivity index (χ0n) is 31.1. The maximum absolute atomic E-state index is 13.1. The number of anilines is 1. The summed E-state index contributed by atoms with van der Waals surface area (Å²) in [4.78, 5) is 77.8. The van der Waals surface area contributed by atoms with E-state index >= 15 is 0 Å². The number of benzene rings is 2. The van der Waals surface area contributed by atoms with Crippen molar-refractivity contribution in [3.63, 3.8) is 0 Å². The van der Waals surface area contributed by atoms with Crippen molar-refractivity contribution in [3.8, 4) is 5.75 Å². The predicted molar refractivity (Wildman–Crippen MR) is 220 cm³/mol. The molecule has 4 amide bonds. The lowest BCUT2D eigenvalue weighted by atomic mass is 10.1. The van der Waals surface area contributed by atoms with Gasteiger partial charge in [0, 0.05) is 121 Å². The molecular weight excluding hydrogens is 820 g/mol. The lowest BCUT2D eigenvalue weighted by Gasteiger charge is -2.47. The molecule has 0 saturated carbocycles. The number of phenols is 1. The second-order valence-electron chi connectivity index (χ2n) is 14.6. The monoisotopic (exact) mass is 861 g/mol. The summed E-state index contributed by atoms with van der Waals surface area (Å²) < 4.78 is 1.49. The molecule has 0 bridgehead atoms. The topological polar surface area (TPSA) is 158 Å². The van der Waals surface area contributed by atoms with Crippen LogP contribution in [0.5, 0.6) is 5.75 Å². The molecule has 0 spiro atoms. The molecule has 0 radical (unpaired) electrons. The summed E-state index contributed by atoms with van der Waals surface area (Å²) in [6.07, 6.45) is 4.32. The molecule has 4 saturated heterocycles. The summed E-state index contributed by atoms with van der Waals surface area (Å²) in [6.45, 7) is 11.0. The predicted octanol–water partition coefficient (Wildman–Crippen LogP) is 3.06. The number of amides is 4. The van der Waals surface area contributed by atoms with Gasteiger partial charge < -0.3 is 35.0 Å². The largest absolute Gasteiger partial charge is 0.506 e. The number of hydrogen-bond donors (Lipinski definition) is 3. The van der Waals surface area contributed by atoms with E-state index < -0.39 is 0 Å². The second kappa shape index (κ2) is 17.3. The van der Waals surface area contributed by atoms with E-state index in [0.29, 0.717) is 105 Å². The van der Waals surface area contributed by atoms with Crippen molar-refractivity contribution in [2.45, 2.75) is 25.0 Å². The number of piperazine rings is 2. The molecule has 304 valence electrons. The van der Waals surface area contributed by atoms with E-state index in [0.717, 1.165) is 0 Å². The Kier molecular flexibility index (Phi) is 12.4. The number of phenolic OH excluding ortho intramolecular Hbond substituents is 1. The van der Waals surface area contributed by atoms with Crippen molar-refractivity contribution in [1.29, 1.82) is 0 Å². The number of nitrogens with zero attached hydrogens (tertiary/aromatic N) is 7. The number of H-pyrrole nitrogens is 1. The van der Waals surface area contributed by atoms with E-state index in [4.69, 9.17) is 46.4 Å². The molecule has 0 atom stereocenters. The van der Waals surface area contributed by atoms with Crippen LogP contribution in [0.25, 0.3) is 17.1 Å². The van der Waals surface area contributed by atoms with Gasteiger partial charge in [0.05, 0.1) is 43.4 Å². The SMILES string of the molecule is C=CC(=O)N1CC(N2CCN(C(=O)CNc3cc(O)c(Cl)c(C=CC(=O)N4CC(N5CCN(C(=O)CCn6c(=O)[nH]c7cc(Cl)c(Cl)cc76)CC5)C4)c3Cl)CC2)C1. The van der Waals surface area contributed by atoms with Gasteiger partial charge in [-0.1, -0.05) is 53.0 Å². The molecule has 4 aliphatic rings. The summed E-state index contributed by atoms with van der Waals surface area (Å²) in [5, 5.41) is 14.4. The average Bonchev–Trinajstić information content (AvgIpc) is 3.46. The minimum Gasteiger partial charge on any atom is -0.506 e. The van der Waals surface area contributed by atoms with Crippen LogP contribution in [0.15, 0.2) is 41.7 Å². The quantitative estimate of drug-likeness (QED) is 0.247. The zero-order chi connectivity index (χ0) is 40.5. The van der Waals surface area contributed by atoms with Crippen LogP contribution in [0.4, 0.5) is 5.69 Å². The Labute approximate surface area is 348 Å². The number of imidazole rings is 1. The summed E-state index contributed by atoms with van der Waals surface area (Å²) in [7, 11) is 0. The van der Waals surface area contributed by atoms with Crippen molar-refractivity contribution in [3.05, 3.63) is 73.1 Å². The van der Waals surface area contributed by atoms with E-state index in [-0.39, 0.29) is 82.3 Å². The van der Waals surface area contributed by atoms with Gasteiger partial charge in [-0.3, -0.25) is 33.5 Å². The van der Waals surface area contributed by atoms with E-state index in [1.165, 1.54) is 28.9 Å². The van der Waals surface area contributed by atoms with E-state index in [9.17, 15) is 29.1 Å². The van der Waals surface area contributed by atoms with E-state index in [1.807, 2.05) is 0 Å². The molecule has 57 heavy (non-hydrogen) atoms. The number of fused-ring (bicyclic) bond motifs is 1. The fourth-order valence-electron chi connectivity index (χ4n) is 7.73. The Hall–Kier alpha value is -4.25. The molecule has 15 nitrogen and oxygen atoms in total. The number of halogens is 4. The average molecular weight is 864 g/mol. The maximum atomic E-state index is 13.1. The number of carbonyl (C=O) groups excluding carboxylic acids is 4. The van der Waals surface area contributed by atoms with Crippen LogP contribution >= 0.6 is 46.4 Å². The summed E-state index contributed by atoms with van der Waals surface area (Å²) >= 11 is 25.3. The minimum atomic E-state index is -0.331. The van der Waals surface area contributed by atoms with Crippen molar-refractivity contribution >= 4 is 92.8 Å². The molecule has 3 N–H and O–H groups in total. The third kappa shape index (κ3) is 8.78. The van der Waals surface area contributed by atoms with Gasteiger partial charge in [-0.15, -0.1) is 0 Å². The third-order valence-electron chi connectivity index (χ3n) is 11.3. The molecule has 2 aromatic carbocycles. The normalized spacial score (nSPS) is 18.6. The van der Waals surface area contributed by atoms with Gasteiger partial charge in [0.2, 0.25) is 23.6 Å². The van der Waals surface area contributed by atoms with Gasteiger partial charge in [-0.2, -0.15) is 0 Å². The standard InChI is InChI=1S/C38H43Cl4N9O6/c1-2-32(53)49-19-23(20-49)46-9-13-48(14-10-46)35(56)18-43-29-17-31(52)37(42)25(36(29)41)3-4-33(54)50-21-24(22-50)45-7-11-47(12-8-45)34(55)5-6-51-30-16-27(40)26(39)15-28(30)44-38(51)57/h2-4,15-17,23-24,43,52H,1,5-14,18-22H2,(H,44,57). The smallest absolute Gasteiger partial charge is 0.326 e. The number of hydrogen-bond acceptors (Lipinski definition) is 9. The first-order valence-electron chi connectivity index (χ1n) is 18.8. The van der Waals surface area contributed by atoms with Crippen molar-refractivity contribution in [2.75, 3.05) is 90.4 Å². The summed E-state index contributed by atoms with van der Waals surface area (Å²) in [6, 6.07) is 5.00. The highest BCUT2D eigenvalue weighted by Gasteiger charge is 2.37. The summed E-state index contributed by atoms with van der Waals surface area (Å²) in [5.74, 6) is -0.719. The fourth-order valence-corrected chi connectivity index (χ4v) is 8.60. The number of aromatic nitrogens is 2. The van der Waals surface area contributed by atoms with Gasteiger partial charge in [-0.05, 0) is 24.3 Å². The Balaban J connectivity index is 0.842. The highest BCUT2D eigenvalue weighted by molar-refractivity contribution is 6.42. The molecular formula is C38H43Cl4N9O6. The Bertz CT molecular complexity index is 2160. The third-order valence-corrected chi connectivity index (χ3v) is 12.8. The number of carbonyl (C=O) groups is 4. The van der Waals surface area contributed by atoms with Gasteiger partial charge >= 0.3 is 5.69 Å². The zero-order valence-corrected chi connectivity index (χ0v) is 34.1. The first kappa shape index (κ1) is 40.9. The first-order valence-corrected chi connectivity index (χ1v) is 20.3.